The van der Waals surface area contributed by atoms with E-state index in [-0.39, 0.29) is 0 Å². The summed E-state index contributed by atoms with van der Waals surface area (Å²) in [7, 11) is 3.98. The summed E-state index contributed by atoms with van der Waals surface area (Å²) >= 11 is 0. The van der Waals surface area contributed by atoms with Crippen LogP contribution in [0.5, 0.6) is 0 Å². The Balaban J connectivity index is 1.49. The van der Waals surface area contributed by atoms with E-state index in [2.05, 4.69) is 21.7 Å². The minimum atomic E-state index is 0.814. The van der Waals surface area contributed by atoms with E-state index in [0.29, 0.717) is 0 Å². The van der Waals surface area contributed by atoms with Crippen LogP contribution >= 0.6 is 0 Å². The Morgan fingerprint density at radius 2 is 1.55 bits per heavy atom. The summed E-state index contributed by atoms with van der Waals surface area (Å²) in [5, 5.41) is 0. The van der Waals surface area contributed by atoms with Crippen LogP contribution < -0.4 is 0 Å². The molecule has 0 aromatic heterocycles. The number of ether oxygens (including phenoxy) is 2. The SMILES string of the molecule is COCCCCOCN1CCC(CN2CCN(C)CC2)CC1. The van der Waals surface area contributed by atoms with Gasteiger partial charge in [-0.25, -0.2) is 0 Å². The molecule has 0 saturated carbocycles. The highest BCUT2D eigenvalue weighted by Gasteiger charge is 2.22. The maximum atomic E-state index is 5.77. The third kappa shape index (κ3) is 6.92. The van der Waals surface area contributed by atoms with Crippen LogP contribution in [0.4, 0.5) is 0 Å². The van der Waals surface area contributed by atoms with Gasteiger partial charge in [0.2, 0.25) is 0 Å². The molecule has 22 heavy (non-hydrogen) atoms. The number of methoxy groups -OCH3 is 1. The minimum absolute atomic E-state index is 0.814. The van der Waals surface area contributed by atoms with Crippen LogP contribution in [0.2, 0.25) is 0 Å². The normalized spacial score (nSPS) is 23.2. The van der Waals surface area contributed by atoms with Crippen molar-refractivity contribution in [2.24, 2.45) is 5.92 Å². The van der Waals surface area contributed by atoms with Crippen molar-refractivity contribution in [2.45, 2.75) is 25.7 Å². The van der Waals surface area contributed by atoms with E-state index in [0.717, 1.165) is 38.7 Å². The Labute approximate surface area is 136 Å². The second kappa shape index (κ2) is 10.6. The van der Waals surface area contributed by atoms with Gasteiger partial charge in [0.1, 0.15) is 0 Å². The molecule has 0 bridgehead atoms. The van der Waals surface area contributed by atoms with Crippen LogP contribution in [0.3, 0.4) is 0 Å². The van der Waals surface area contributed by atoms with Crippen molar-refractivity contribution >= 4 is 0 Å². The van der Waals surface area contributed by atoms with Crippen molar-refractivity contribution in [3.63, 3.8) is 0 Å². The molecular formula is C17H35N3O2. The first-order valence-electron chi connectivity index (χ1n) is 8.98. The average Bonchev–Trinajstić information content (AvgIpc) is 2.54. The first-order valence-corrected chi connectivity index (χ1v) is 8.98. The van der Waals surface area contributed by atoms with Gasteiger partial charge in [-0.1, -0.05) is 0 Å². The Bertz CT molecular complexity index is 275. The zero-order chi connectivity index (χ0) is 15.6. The maximum absolute atomic E-state index is 5.77. The molecule has 0 atom stereocenters. The molecule has 0 aliphatic carbocycles. The lowest BCUT2D eigenvalue weighted by atomic mass is 9.96. The molecule has 0 amide bonds. The highest BCUT2D eigenvalue weighted by Crippen LogP contribution is 2.19. The number of unbranched alkanes of at least 4 members (excludes halogenated alkanes) is 1. The van der Waals surface area contributed by atoms with Crippen LogP contribution in [0.1, 0.15) is 25.7 Å². The van der Waals surface area contributed by atoms with E-state index >= 15 is 0 Å². The average molecular weight is 313 g/mol. The van der Waals surface area contributed by atoms with Crippen molar-refractivity contribution in [3.8, 4) is 0 Å². The van der Waals surface area contributed by atoms with Gasteiger partial charge in [0.25, 0.3) is 0 Å². The molecule has 130 valence electrons. The van der Waals surface area contributed by atoms with Gasteiger partial charge in [0.15, 0.2) is 0 Å². The second-order valence-corrected chi connectivity index (χ2v) is 6.90. The lowest BCUT2D eigenvalue weighted by Crippen LogP contribution is -2.47. The fraction of sp³-hybridized carbons (Fsp3) is 1.00. The zero-order valence-corrected chi connectivity index (χ0v) is 14.6. The predicted octanol–water partition coefficient (Wildman–Crippen LogP) is 1.35. The van der Waals surface area contributed by atoms with Crippen LogP contribution in [-0.4, -0.2) is 94.6 Å². The number of piperazine rings is 1. The highest BCUT2D eigenvalue weighted by molar-refractivity contribution is 4.77. The fourth-order valence-electron chi connectivity index (χ4n) is 3.34. The second-order valence-electron chi connectivity index (χ2n) is 6.90. The van der Waals surface area contributed by atoms with Gasteiger partial charge in [-0.05, 0) is 38.6 Å². The molecule has 0 radical (unpaired) electrons. The number of nitrogens with zero attached hydrogens (tertiary/aromatic N) is 3. The van der Waals surface area contributed by atoms with Gasteiger partial charge in [0.05, 0.1) is 6.73 Å². The molecule has 2 aliphatic rings. The summed E-state index contributed by atoms with van der Waals surface area (Å²) < 4.78 is 10.8. The molecule has 2 saturated heterocycles. The standard InChI is InChI=1S/C17H35N3O2/c1-18-9-11-19(12-10-18)15-17-5-7-20(8-6-17)16-22-14-4-3-13-21-2/h17H,3-16H2,1-2H3. The first kappa shape index (κ1) is 18.1. The van der Waals surface area contributed by atoms with E-state index in [1.807, 2.05) is 0 Å². The van der Waals surface area contributed by atoms with Gasteiger partial charge in [-0.15, -0.1) is 0 Å². The lowest BCUT2D eigenvalue weighted by molar-refractivity contribution is 0.00351. The molecule has 2 aliphatic heterocycles. The van der Waals surface area contributed by atoms with Crippen molar-refractivity contribution < 1.29 is 9.47 Å². The van der Waals surface area contributed by atoms with Crippen molar-refractivity contribution in [2.75, 3.05) is 79.9 Å². The third-order valence-corrected chi connectivity index (χ3v) is 4.98. The summed E-state index contributed by atoms with van der Waals surface area (Å²) in [4.78, 5) is 7.56. The summed E-state index contributed by atoms with van der Waals surface area (Å²) in [5.41, 5.74) is 0. The summed E-state index contributed by atoms with van der Waals surface area (Å²) in [6, 6.07) is 0. The maximum Gasteiger partial charge on any atom is 0.0990 e. The van der Waals surface area contributed by atoms with Crippen molar-refractivity contribution in [1.29, 1.82) is 0 Å². The number of hydrogen-bond acceptors (Lipinski definition) is 5. The number of likely N-dealkylation sites (N-methyl/N-ethyl adjacent to an activating group) is 1. The molecule has 2 rings (SSSR count). The quantitative estimate of drug-likeness (QED) is 0.599. The molecule has 0 N–H and O–H groups in total. The monoisotopic (exact) mass is 313 g/mol. The number of piperidine rings is 1. The molecule has 0 aromatic carbocycles. The molecule has 5 heteroatoms. The fourth-order valence-corrected chi connectivity index (χ4v) is 3.34. The van der Waals surface area contributed by atoms with Gasteiger partial charge in [-0.2, -0.15) is 0 Å². The van der Waals surface area contributed by atoms with E-state index < -0.39 is 0 Å². The lowest BCUT2D eigenvalue weighted by Gasteiger charge is -2.37. The summed E-state index contributed by atoms with van der Waals surface area (Å²) in [6.07, 6.45) is 4.87. The number of likely N-dealkylation sites (tertiary alicyclic amines) is 1. The molecule has 0 unspecified atom stereocenters. The van der Waals surface area contributed by atoms with E-state index in [1.165, 1.54) is 58.7 Å². The third-order valence-electron chi connectivity index (χ3n) is 4.98. The van der Waals surface area contributed by atoms with Gasteiger partial charge >= 0.3 is 0 Å². The minimum Gasteiger partial charge on any atom is -0.385 e. The van der Waals surface area contributed by atoms with E-state index in [1.54, 1.807) is 7.11 Å². The van der Waals surface area contributed by atoms with Gasteiger partial charge < -0.3 is 19.3 Å². The number of rotatable bonds is 9. The smallest absolute Gasteiger partial charge is 0.0990 e. The Morgan fingerprint density at radius 1 is 0.864 bits per heavy atom. The highest BCUT2D eigenvalue weighted by atomic mass is 16.5. The van der Waals surface area contributed by atoms with Crippen LogP contribution in [-0.2, 0) is 9.47 Å². The largest absolute Gasteiger partial charge is 0.385 e. The molecular weight excluding hydrogens is 278 g/mol. The molecule has 5 nitrogen and oxygen atoms in total. The Kier molecular flexibility index (Phi) is 8.70. The Hall–Kier alpha value is -0.200. The van der Waals surface area contributed by atoms with E-state index in [9.17, 15) is 0 Å². The van der Waals surface area contributed by atoms with Gasteiger partial charge in [-0.3, -0.25) is 4.90 Å². The topological polar surface area (TPSA) is 28.2 Å². The van der Waals surface area contributed by atoms with Crippen molar-refractivity contribution in [1.82, 2.24) is 14.7 Å². The van der Waals surface area contributed by atoms with Crippen LogP contribution in [0.25, 0.3) is 0 Å². The van der Waals surface area contributed by atoms with Gasteiger partial charge in [0, 0.05) is 66.1 Å². The first-order chi connectivity index (χ1) is 10.8. The summed E-state index contributed by atoms with van der Waals surface area (Å²) in [6.45, 7) is 11.2. The molecule has 2 fully saturated rings. The summed E-state index contributed by atoms with van der Waals surface area (Å²) in [5.74, 6) is 0.890. The molecule has 2 heterocycles. The van der Waals surface area contributed by atoms with Crippen LogP contribution in [0.15, 0.2) is 0 Å². The van der Waals surface area contributed by atoms with E-state index in [4.69, 9.17) is 9.47 Å². The molecule has 0 aromatic rings. The Morgan fingerprint density at radius 3 is 2.23 bits per heavy atom. The zero-order valence-electron chi connectivity index (χ0n) is 14.6. The van der Waals surface area contributed by atoms with Crippen LogP contribution in [0, 0.1) is 5.92 Å². The predicted molar refractivity (Wildman–Crippen MR) is 90.2 cm³/mol. The van der Waals surface area contributed by atoms with Crippen molar-refractivity contribution in [3.05, 3.63) is 0 Å². The molecule has 0 spiro atoms. The number of hydrogen-bond donors (Lipinski definition) is 0.